The van der Waals surface area contributed by atoms with Gasteiger partial charge in [-0.1, -0.05) is 11.6 Å². The minimum absolute atomic E-state index is 0.0744. The van der Waals surface area contributed by atoms with Gasteiger partial charge in [0.25, 0.3) is 0 Å². The third-order valence-electron chi connectivity index (χ3n) is 5.28. The van der Waals surface area contributed by atoms with E-state index in [0.29, 0.717) is 55.1 Å². The largest absolute Gasteiger partial charge is 0.496 e. The molecular weight excluding hydrogens is 394 g/mol. The minimum Gasteiger partial charge on any atom is -0.496 e. The quantitative estimate of drug-likeness (QED) is 0.796. The Morgan fingerprint density at radius 2 is 1.90 bits per heavy atom. The number of ether oxygens (including phenoxy) is 3. The van der Waals surface area contributed by atoms with Crippen molar-refractivity contribution in [3.63, 3.8) is 0 Å². The van der Waals surface area contributed by atoms with Gasteiger partial charge in [0, 0.05) is 35.8 Å². The number of halogens is 1. The second-order valence-corrected chi connectivity index (χ2v) is 7.51. The number of nitrogens with one attached hydrogen (secondary N) is 2. The van der Waals surface area contributed by atoms with E-state index in [-0.39, 0.29) is 11.8 Å². The molecule has 0 atom stereocenters. The van der Waals surface area contributed by atoms with Gasteiger partial charge in [0.2, 0.25) is 5.91 Å². The maximum atomic E-state index is 12.9. The number of nitrogens with zero attached hydrogens (tertiary/aromatic N) is 1. The molecule has 0 saturated carbocycles. The Morgan fingerprint density at radius 3 is 2.62 bits per heavy atom. The van der Waals surface area contributed by atoms with Crippen LogP contribution in [0, 0.1) is 5.92 Å². The molecule has 8 heteroatoms. The lowest BCUT2D eigenvalue weighted by Crippen LogP contribution is -2.39. The Morgan fingerprint density at radius 1 is 1.14 bits per heavy atom. The molecule has 2 aromatic carbocycles. The molecule has 2 aliphatic heterocycles. The number of hydrogen-bond donors (Lipinski definition) is 2. The maximum absolute atomic E-state index is 12.9. The second-order valence-electron chi connectivity index (χ2n) is 7.08. The van der Waals surface area contributed by atoms with Crippen molar-refractivity contribution in [3.8, 4) is 28.4 Å². The van der Waals surface area contributed by atoms with Crippen LogP contribution in [0.4, 0.5) is 0 Å². The number of hydrogen-bond acceptors (Lipinski definition) is 6. The Labute approximate surface area is 174 Å². The van der Waals surface area contributed by atoms with Crippen molar-refractivity contribution in [1.82, 2.24) is 15.8 Å². The van der Waals surface area contributed by atoms with Crippen molar-refractivity contribution < 1.29 is 19.0 Å². The van der Waals surface area contributed by atoms with E-state index in [1.165, 1.54) is 0 Å². The molecule has 154 valence electrons. The van der Waals surface area contributed by atoms with Crippen molar-refractivity contribution in [2.24, 2.45) is 5.92 Å². The van der Waals surface area contributed by atoms with Crippen LogP contribution < -0.4 is 25.1 Å². The summed E-state index contributed by atoms with van der Waals surface area (Å²) in [6.45, 7) is 2.67. The molecule has 29 heavy (non-hydrogen) atoms. The monoisotopic (exact) mass is 417 g/mol. The van der Waals surface area contributed by atoms with Gasteiger partial charge in [-0.15, -0.1) is 0 Å². The first kappa shape index (κ1) is 19.8. The molecule has 2 N–H and O–H groups in total. The van der Waals surface area contributed by atoms with Crippen LogP contribution in [0.1, 0.15) is 5.56 Å². The molecule has 1 saturated heterocycles. The normalized spacial score (nSPS) is 16.7. The van der Waals surface area contributed by atoms with Gasteiger partial charge in [0.05, 0.1) is 26.7 Å². The first-order valence-electron chi connectivity index (χ1n) is 9.53. The molecule has 0 aromatic heterocycles. The van der Waals surface area contributed by atoms with Crippen molar-refractivity contribution >= 4 is 17.5 Å². The third-order valence-corrected chi connectivity index (χ3v) is 5.51. The van der Waals surface area contributed by atoms with Crippen LogP contribution in [0.3, 0.4) is 0 Å². The summed E-state index contributed by atoms with van der Waals surface area (Å²) in [4.78, 5) is 14.8. The van der Waals surface area contributed by atoms with E-state index >= 15 is 0 Å². The number of methoxy groups -OCH3 is 2. The average Bonchev–Trinajstić information content (AvgIpc) is 3.19. The van der Waals surface area contributed by atoms with Gasteiger partial charge in [0.1, 0.15) is 12.4 Å². The number of rotatable bonds is 4. The summed E-state index contributed by atoms with van der Waals surface area (Å²) in [5.74, 6) is 2.05. The minimum atomic E-state index is -0.0744. The highest BCUT2D eigenvalue weighted by atomic mass is 35.5. The van der Waals surface area contributed by atoms with Crippen molar-refractivity contribution in [2.45, 2.75) is 6.54 Å². The lowest BCUT2D eigenvalue weighted by Gasteiger charge is -2.23. The molecule has 0 bridgehead atoms. The van der Waals surface area contributed by atoms with Crippen LogP contribution in [0.5, 0.6) is 17.2 Å². The van der Waals surface area contributed by atoms with Gasteiger partial charge in [-0.3, -0.25) is 15.6 Å². The van der Waals surface area contributed by atoms with Crippen LogP contribution in [-0.4, -0.2) is 51.3 Å². The molecule has 0 radical (unpaired) electrons. The molecule has 2 aromatic rings. The molecule has 4 rings (SSSR count). The van der Waals surface area contributed by atoms with Crippen LogP contribution in [0.2, 0.25) is 5.02 Å². The summed E-state index contributed by atoms with van der Waals surface area (Å²) in [5.41, 5.74) is 8.68. The van der Waals surface area contributed by atoms with E-state index in [4.69, 9.17) is 25.8 Å². The van der Waals surface area contributed by atoms with Crippen LogP contribution in [0.15, 0.2) is 30.3 Å². The third kappa shape index (κ3) is 3.99. The molecule has 0 unspecified atom stereocenters. The van der Waals surface area contributed by atoms with E-state index in [1.54, 1.807) is 20.3 Å². The van der Waals surface area contributed by atoms with Crippen LogP contribution in [0.25, 0.3) is 11.1 Å². The zero-order valence-corrected chi connectivity index (χ0v) is 17.2. The fraction of sp³-hybridized carbons (Fsp3) is 0.381. The predicted octanol–water partition coefficient (Wildman–Crippen LogP) is 2.47. The lowest BCUT2D eigenvalue weighted by atomic mass is 10.00. The standard InChI is InChI=1S/C21H24ClN3O4/c1-27-18-4-3-16(22)9-17(18)13-7-14-12-25(21(26)15-10-23-24-11-15)5-6-29-20(14)19(8-13)28-2/h3-4,7-9,15,23-24H,5-6,10-12H2,1-2H3. The number of hydrazine groups is 1. The van der Waals surface area contributed by atoms with Gasteiger partial charge in [-0.2, -0.15) is 0 Å². The predicted molar refractivity (Wildman–Crippen MR) is 110 cm³/mol. The SMILES string of the molecule is COc1ccc(Cl)cc1-c1cc2c(c(OC)c1)OCCN(C(=O)C1CNNC1)C2. The van der Waals surface area contributed by atoms with E-state index in [2.05, 4.69) is 10.9 Å². The van der Waals surface area contributed by atoms with Crippen LogP contribution in [-0.2, 0) is 11.3 Å². The number of fused-ring (bicyclic) bond motifs is 1. The molecule has 7 nitrogen and oxygen atoms in total. The number of carbonyl (C=O) groups excluding carboxylic acids is 1. The van der Waals surface area contributed by atoms with Crippen molar-refractivity contribution in [1.29, 1.82) is 0 Å². The molecule has 2 aliphatic rings. The Hall–Kier alpha value is -2.48. The van der Waals surface area contributed by atoms with Gasteiger partial charge in [-0.05, 0) is 35.9 Å². The van der Waals surface area contributed by atoms with E-state index in [1.807, 2.05) is 29.2 Å². The molecular formula is C21H24ClN3O4. The fourth-order valence-electron chi connectivity index (χ4n) is 3.78. The Kier molecular flexibility index (Phi) is 5.80. The average molecular weight is 418 g/mol. The number of benzene rings is 2. The summed E-state index contributed by atoms with van der Waals surface area (Å²) in [7, 11) is 3.24. The zero-order valence-electron chi connectivity index (χ0n) is 16.5. The highest BCUT2D eigenvalue weighted by Gasteiger charge is 2.30. The van der Waals surface area contributed by atoms with Crippen molar-refractivity contribution in [2.75, 3.05) is 40.5 Å². The Bertz CT molecular complexity index is 915. The smallest absolute Gasteiger partial charge is 0.228 e. The summed E-state index contributed by atoms with van der Waals surface area (Å²) in [5, 5.41) is 0.615. The lowest BCUT2D eigenvalue weighted by molar-refractivity contribution is -0.135. The molecule has 0 aliphatic carbocycles. The molecule has 1 amide bonds. The summed E-state index contributed by atoms with van der Waals surface area (Å²) < 4.78 is 17.1. The molecule has 0 spiro atoms. The zero-order chi connectivity index (χ0) is 20.4. The topological polar surface area (TPSA) is 72.1 Å². The molecule has 1 fully saturated rings. The summed E-state index contributed by atoms with van der Waals surface area (Å²) in [6.07, 6.45) is 0. The van der Waals surface area contributed by atoms with Crippen molar-refractivity contribution in [3.05, 3.63) is 40.9 Å². The van der Waals surface area contributed by atoms with Gasteiger partial charge in [-0.25, -0.2) is 0 Å². The highest BCUT2D eigenvalue weighted by molar-refractivity contribution is 6.31. The number of carbonyl (C=O) groups is 1. The van der Waals surface area contributed by atoms with E-state index < -0.39 is 0 Å². The number of amides is 1. The highest BCUT2D eigenvalue weighted by Crippen LogP contribution is 2.41. The molecule has 2 heterocycles. The van der Waals surface area contributed by atoms with Gasteiger partial charge >= 0.3 is 0 Å². The van der Waals surface area contributed by atoms with Gasteiger partial charge < -0.3 is 19.1 Å². The Balaban J connectivity index is 1.73. The van der Waals surface area contributed by atoms with Gasteiger partial charge in [0.15, 0.2) is 11.5 Å². The second kappa shape index (κ2) is 8.49. The first-order valence-corrected chi connectivity index (χ1v) is 9.90. The fourth-order valence-corrected chi connectivity index (χ4v) is 3.95. The summed E-state index contributed by atoms with van der Waals surface area (Å²) >= 11 is 6.23. The van der Waals surface area contributed by atoms with E-state index in [9.17, 15) is 4.79 Å². The van der Waals surface area contributed by atoms with E-state index in [0.717, 1.165) is 16.7 Å². The summed E-state index contributed by atoms with van der Waals surface area (Å²) in [6, 6.07) is 9.41. The van der Waals surface area contributed by atoms with Crippen LogP contribution >= 0.6 is 11.6 Å². The maximum Gasteiger partial charge on any atom is 0.228 e. The first-order chi connectivity index (χ1) is 14.1.